The number of methoxy groups -OCH3 is 1. The Morgan fingerprint density at radius 2 is 1.96 bits per heavy atom. The predicted octanol–water partition coefficient (Wildman–Crippen LogP) is 2.50. The first-order chi connectivity index (χ1) is 11.5. The van der Waals surface area contributed by atoms with E-state index in [4.69, 9.17) is 9.47 Å². The number of esters is 1. The third-order valence-corrected chi connectivity index (χ3v) is 5.57. The zero-order chi connectivity index (χ0) is 17.2. The Balaban J connectivity index is 1.90. The molecular formula is C15H15NO6S2. The SMILES string of the molecule is COC(=O)c1sccc1NS(=O)(=O)c1ccc2c(c1)OCCCO2. The Morgan fingerprint density at radius 1 is 1.21 bits per heavy atom. The Bertz CT molecular complexity index is 859. The first-order valence-electron chi connectivity index (χ1n) is 7.09. The number of carbonyl (C=O) groups is 1. The summed E-state index contributed by atoms with van der Waals surface area (Å²) in [5.74, 6) is 0.299. The molecule has 0 spiro atoms. The normalized spacial score (nSPS) is 13.9. The van der Waals surface area contributed by atoms with Crippen molar-refractivity contribution in [2.24, 2.45) is 0 Å². The maximum Gasteiger partial charge on any atom is 0.350 e. The lowest BCUT2D eigenvalue weighted by Crippen LogP contribution is -2.15. The lowest BCUT2D eigenvalue weighted by molar-refractivity contribution is 0.0607. The van der Waals surface area contributed by atoms with Gasteiger partial charge in [0, 0.05) is 12.5 Å². The minimum absolute atomic E-state index is 0.0220. The zero-order valence-corrected chi connectivity index (χ0v) is 14.4. The van der Waals surface area contributed by atoms with Crippen LogP contribution in [0.2, 0.25) is 0 Å². The molecule has 24 heavy (non-hydrogen) atoms. The fraction of sp³-hybridized carbons (Fsp3) is 0.267. The van der Waals surface area contributed by atoms with Crippen molar-refractivity contribution in [1.29, 1.82) is 0 Å². The quantitative estimate of drug-likeness (QED) is 0.833. The highest BCUT2D eigenvalue weighted by atomic mass is 32.2. The molecule has 128 valence electrons. The lowest BCUT2D eigenvalue weighted by Gasteiger charge is -2.11. The van der Waals surface area contributed by atoms with Crippen LogP contribution in [0, 0.1) is 0 Å². The maximum absolute atomic E-state index is 12.6. The number of carbonyl (C=O) groups excluding carboxylic acids is 1. The van der Waals surface area contributed by atoms with Crippen LogP contribution in [0.15, 0.2) is 34.5 Å². The molecule has 3 rings (SSSR count). The fourth-order valence-corrected chi connectivity index (χ4v) is 4.07. The molecule has 0 aliphatic carbocycles. The molecule has 7 nitrogen and oxygen atoms in total. The van der Waals surface area contributed by atoms with Crippen LogP contribution in [0.4, 0.5) is 5.69 Å². The Labute approximate surface area is 143 Å². The number of hydrogen-bond acceptors (Lipinski definition) is 7. The van der Waals surface area contributed by atoms with Gasteiger partial charge in [0.15, 0.2) is 11.5 Å². The molecule has 0 saturated heterocycles. The van der Waals surface area contributed by atoms with Gasteiger partial charge in [-0.2, -0.15) is 0 Å². The molecule has 0 unspecified atom stereocenters. The molecule has 0 saturated carbocycles. The maximum atomic E-state index is 12.6. The third kappa shape index (κ3) is 3.31. The van der Waals surface area contributed by atoms with Crippen molar-refractivity contribution in [3.63, 3.8) is 0 Å². The predicted molar refractivity (Wildman–Crippen MR) is 88.5 cm³/mol. The van der Waals surface area contributed by atoms with Crippen LogP contribution in [-0.2, 0) is 14.8 Å². The number of rotatable bonds is 4. The second-order valence-electron chi connectivity index (χ2n) is 4.92. The molecule has 0 fully saturated rings. The van der Waals surface area contributed by atoms with Crippen molar-refractivity contribution in [2.45, 2.75) is 11.3 Å². The van der Waals surface area contributed by atoms with Crippen molar-refractivity contribution in [1.82, 2.24) is 0 Å². The van der Waals surface area contributed by atoms with Gasteiger partial charge in [0.1, 0.15) is 4.88 Å². The van der Waals surface area contributed by atoms with Crippen LogP contribution in [0.1, 0.15) is 16.1 Å². The summed E-state index contributed by atoms with van der Waals surface area (Å²) in [7, 11) is -2.64. The van der Waals surface area contributed by atoms with E-state index in [-0.39, 0.29) is 15.5 Å². The average Bonchev–Trinajstić information content (AvgIpc) is 2.88. The number of fused-ring (bicyclic) bond motifs is 1. The van der Waals surface area contributed by atoms with Crippen LogP contribution >= 0.6 is 11.3 Å². The fourth-order valence-electron chi connectivity index (χ4n) is 2.15. The van der Waals surface area contributed by atoms with Gasteiger partial charge in [0.2, 0.25) is 0 Å². The molecule has 2 heterocycles. The summed E-state index contributed by atoms with van der Waals surface area (Å²) < 4.78 is 43.2. The summed E-state index contributed by atoms with van der Waals surface area (Å²) in [4.78, 5) is 11.9. The molecule has 1 N–H and O–H groups in total. The second-order valence-corrected chi connectivity index (χ2v) is 7.52. The van der Waals surface area contributed by atoms with E-state index in [0.717, 1.165) is 17.8 Å². The minimum atomic E-state index is -3.88. The van der Waals surface area contributed by atoms with Crippen molar-refractivity contribution >= 4 is 33.0 Å². The first-order valence-corrected chi connectivity index (χ1v) is 9.46. The Morgan fingerprint density at radius 3 is 2.71 bits per heavy atom. The number of benzene rings is 1. The van der Waals surface area contributed by atoms with E-state index in [1.54, 1.807) is 11.4 Å². The largest absolute Gasteiger partial charge is 0.490 e. The van der Waals surface area contributed by atoms with Crippen molar-refractivity contribution in [3.05, 3.63) is 34.5 Å². The van der Waals surface area contributed by atoms with Gasteiger partial charge in [-0.05, 0) is 23.6 Å². The standard InChI is InChI=1S/C15H15NO6S2/c1-20-15(17)14-11(5-8-23-14)16-24(18,19)10-3-4-12-13(9-10)22-7-2-6-21-12/h3-5,8-9,16H,2,6-7H2,1H3. The van der Waals surface area contributed by atoms with Crippen LogP contribution in [0.5, 0.6) is 11.5 Å². The van der Waals surface area contributed by atoms with Crippen LogP contribution < -0.4 is 14.2 Å². The molecule has 0 atom stereocenters. The third-order valence-electron chi connectivity index (χ3n) is 3.31. The smallest absolute Gasteiger partial charge is 0.350 e. The van der Waals surface area contributed by atoms with E-state index in [1.165, 1.54) is 25.3 Å². The summed E-state index contributed by atoms with van der Waals surface area (Å²) in [5.41, 5.74) is 0.180. The number of anilines is 1. The average molecular weight is 369 g/mol. The van der Waals surface area contributed by atoms with E-state index in [1.807, 2.05) is 0 Å². The van der Waals surface area contributed by atoms with Gasteiger partial charge in [-0.25, -0.2) is 13.2 Å². The summed E-state index contributed by atoms with van der Waals surface area (Å²) in [6, 6.07) is 5.91. The van der Waals surface area contributed by atoms with E-state index >= 15 is 0 Å². The van der Waals surface area contributed by atoms with Gasteiger partial charge in [-0.3, -0.25) is 4.72 Å². The number of nitrogens with one attached hydrogen (secondary N) is 1. The van der Waals surface area contributed by atoms with Gasteiger partial charge in [0.05, 0.1) is 30.9 Å². The lowest BCUT2D eigenvalue weighted by atomic mass is 10.3. The molecule has 0 radical (unpaired) electrons. The van der Waals surface area contributed by atoms with E-state index in [9.17, 15) is 13.2 Å². The van der Waals surface area contributed by atoms with Crippen molar-refractivity contribution < 1.29 is 27.4 Å². The molecule has 2 aromatic rings. The number of hydrogen-bond donors (Lipinski definition) is 1. The molecule has 0 amide bonds. The molecule has 9 heteroatoms. The first kappa shape index (κ1) is 16.6. The molecule has 1 aliphatic rings. The molecular weight excluding hydrogens is 354 g/mol. The van der Waals surface area contributed by atoms with Crippen molar-refractivity contribution in [3.8, 4) is 11.5 Å². The second kappa shape index (κ2) is 6.70. The highest BCUT2D eigenvalue weighted by Gasteiger charge is 2.22. The Kier molecular flexibility index (Phi) is 4.63. The van der Waals surface area contributed by atoms with E-state index in [0.29, 0.717) is 24.7 Å². The topological polar surface area (TPSA) is 90.9 Å². The van der Waals surface area contributed by atoms with Crippen LogP contribution in [0.25, 0.3) is 0 Å². The van der Waals surface area contributed by atoms with Gasteiger partial charge >= 0.3 is 5.97 Å². The van der Waals surface area contributed by atoms with Gasteiger partial charge < -0.3 is 14.2 Å². The summed E-state index contributed by atoms with van der Waals surface area (Å²) in [5, 5.41) is 1.61. The monoisotopic (exact) mass is 369 g/mol. The summed E-state index contributed by atoms with van der Waals surface area (Å²) in [6.45, 7) is 0.982. The highest BCUT2D eigenvalue weighted by molar-refractivity contribution is 7.92. The van der Waals surface area contributed by atoms with Gasteiger partial charge in [-0.15, -0.1) is 11.3 Å². The van der Waals surface area contributed by atoms with E-state index in [2.05, 4.69) is 9.46 Å². The number of sulfonamides is 1. The van der Waals surface area contributed by atoms with Gasteiger partial charge in [0.25, 0.3) is 10.0 Å². The molecule has 1 aliphatic heterocycles. The van der Waals surface area contributed by atoms with Gasteiger partial charge in [-0.1, -0.05) is 0 Å². The van der Waals surface area contributed by atoms with Crippen molar-refractivity contribution in [2.75, 3.05) is 25.0 Å². The number of ether oxygens (including phenoxy) is 3. The Hall–Kier alpha value is -2.26. The van der Waals surface area contributed by atoms with Crippen LogP contribution in [-0.4, -0.2) is 34.7 Å². The zero-order valence-electron chi connectivity index (χ0n) is 12.8. The minimum Gasteiger partial charge on any atom is -0.490 e. The molecule has 1 aromatic carbocycles. The van der Waals surface area contributed by atoms with E-state index < -0.39 is 16.0 Å². The summed E-state index contributed by atoms with van der Waals surface area (Å²) >= 11 is 1.10. The summed E-state index contributed by atoms with van der Waals surface area (Å²) in [6.07, 6.45) is 0.729. The molecule has 1 aromatic heterocycles. The van der Waals surface area contributed by atoms with Crippen LogP contribution in [0.3, 0.4) is 0 Å². The number of thiophene rings is 1. The molecule has 0 bridgehead atoms. The highest BCUT2D eigenvalue weighted by Crippen LogP contribution is 2.33.